The Labute approximate surface area is 154 Å². The van der Waals surface area contributed by atoms with E-state index in [1.165, 1.54) is 11.3 Å². The molecule has 3 rings (SSSR count). The molecular formula is C18H21BrN2O2S. The zero-order valence-electron chi connectivity index (χ0n) is 14.3. The van der Waals surface area contributed by atoms with E-state index in [-0.39, 0.29) is 17.4 Å². The molecule has 1 aromatic carbocycles. The number of carbonyl (C=O) groups excluding carboxylic acids is 1. The third-order valence-electron chi connectivity index (χ3n) is 3.96. The number of aromatic nitrogens is 1. The van der Waals surface area contributed by atoms with Gasteiger partial charge in [0.2, 0.25) is 0 Å². The van der Waals surface area contributed by atoms with Crippen LogP contribution in [0.25, 0.3) is 0 Å². The van der Waals surface area contributed by atoms with Crippen LogP contribution in [0.5, 0.6) is 5.75 Å². The van der Waals surface area contributed by atoms with Crippen molar-refractivity contribution in [2.45, 2.75) is 45.6 Å². The molecule has 0 saturated carbocycles. The Kier molecular flexibility index (Phi) is 4.71. The van der Waals surface area contributed by atoms with Crippen molar-refractivity contribution in [3.8, 4) is 5.75 Å². The number of ether oxygens (including phenoxy) is 1. The van der Waals surface area contributed by atoms with Gasteiger partial charge in [-0.1, -0.05) is 36.7 Å². The summed E-state index contributed by atoms with van der Waals surface area (Å²) in [7, 11) is 0. The summed E-state index contributed by atoms with van der Waals surface area (Å²) in [6, 6.07) is 5.86. The van der Waals surface area contributed by atoms with Crippen molar-refractivity contribution in [1.29, 1.82) is 0 Å². The molecule has 1 amide bonds. The first-order valence-electron chi connectivity index (χ1n) is 7.96. The Morgan fingerprint density at radius 1 is 1.42 bits per heavy atom. The standard InChI is InChI=1S/C18H21BrN2O2S/c1-10-15(24-17(20-10)18(2,3)4)16(22)21-13-7-8-23-14-6-5-11(19)9-12(13)14/h5-6,9,13H,7-8H2,1-4H3,(H,21,22). The summed E-state index contributed by atoms with van der Waals surface area (Å²) in [5.74, 6) is 0.782. The van der Waals surface area contributed by atoms with E-state index >= 15 is 0 Å². The molecule has 2 aromatic rings. The molecule has 1 aliphatic rings. The van der Waals surface area contributed by atoms with Gasteiger partial charge >= 0.3 is 0 Å². The number of carbonyl (C=O) groups is 1. The molecule has 0 aliphatic carbocycles. The zero-order chi connectivity index (χ0) is 17.5. The van der Waals surface area contributed by atoms with Gasteiger partial charge in [-0.3, -0.25) is 4.79 Å². The minimum absolute atomic E-state index is 0.0432. The number of benzene rings is 1. The fourth-order valence-electron chi connectivity index (χ4n) is 2.67. The maximum Gasteiger partial charge on any atom is 0.263 e. The monoisotopic (exact) mass is 408 g/mol. The van der Waals surface area contributed by atoms with E-state index in [1.54, 1.807) is 0 Å². The smallest absolute Gasteiger partial charge is 0.263 e. The number of amides is 1. The quantitative estimate of drug-likeness (QED) is 0.778. The second-order valence-corrected chi connectivity index (χ2v) is 8.94. The van der Waals surface area contributed by atoms with Gasteiger partial charge in [-0.25, -0.2) is 4.98 Å². The highest BCUT2D eigenvalue weighted by molar-refractivity contribution is 9.10. The van der Waals surface area contributed by atoms with E-state index in [1.807, 2.05) is 25.1 Å². The molecule has 128 valence electrons. The van der Waals surface area contributed by atoms with Gasteiger partial charge in [0.15, 0.2) is 0 Å². The van der Waals surface area contributed by atoms with Gasteiger partial charge in [0.25, 0.3) is 5.91 Å². The number of rotatable bonds is 2. The second-order valence-electron chi connectivity index (χ2n) is 7.03. The van der Waals surface area contributed by atoms with Crippen LogP contribution in [-0.2, 0) is 5.41 Å². The van der Waals surface area contributed by atoms with Crippen molar-refractivity contribution in [2.24, 2.45) is 0 Å². The Morgan fingerprint density at radius 3 is 2.83 bits per heavy atom. The van der Waals surface area contributed by atoms with E-state index in [9.17, 15) is 4.79 Å². The molecule has 1 atom stereocenters. The average molecular weight is 409 g/mol. The van der Waals surface area contributed by atoms with Crippen LogP contribution < -0.4 is 10.1 Å². The van der Waals surface area contributed by atoms with Crippen LogP contribution >= 0.6 is 27.3 Å². The number of hydrogen-bond donors (Lipinski definition) is 1. The first-order chi connectivity index (χ1) is 11.3. The van der Waals surface area contributed by atoms with E-state index < -0.39 is 0 Å². The largest absolute Gasteiger partial charge is 0.493 e. The van der Waals surface area contributed by atoms with Crippen LogP contribution in [0.4, 0.5) is 0 Å². The average Bonchev–Trinajstić information content (AvgIpc) is 2.90. The molecule has 24 heavy (non-hydrogen) atoms. The second kappa shape index (κ2) is 6.48. The zero-order valence-corrected chi connectivity index (χ0v) is 16.7. The molecule has 0 bridgehead atoms. The van der Waals surface area contributed by atoms with Gasteiger partial charge in [-0.2, -0.15) is 0 Å². The van der Waals surface area contributed by atoms with Gasteiger partial charge in [0, 0.05) is 21.9 Å². The van der Waals surface area contributed by atoms with Crippen LogP contribution in [-0.4, -0.2) is 17.5 Å². The molecule has 1 aliphatic heterocycles. The summed E-state index contributed by atoms with van der Waals surface area (Å²) in [6.07, 6.45) is 0.763. The summed E-state index contributed by atoms with van der Waals surface area (Å²) < 4.78 is 6.67. The van der Waals surface area contributed by atoms with Gasteiger partial charge in [0.05, 0.1) is 23.4 Å². The fourth-order valence-corrected chi connectivity index (χ4v) is 4.07. The molecule has 2 heterocycles. The number of hydrogen-bond acceptors (Lipinski definition) is 4. The Balaban J connectivity index is 1.84. The molecule has 0 radical (unpaired) electrons. The fraction of sp³-hybridized carbons (Fsp3) is 0.444. The van der Waals surface area contributed by atoms with Crippen molar-refractivity contribution >= 4 is 33.2 Å². The van der Waals surface area contributed by atoms with Gasteiger partial charge in [0.1, 0.15) is 10.6 Å². The molecule has 6 heteroatoms. The van der Waals surface area contributed by atoms with E-state index in [2.05, 4.69) is 47.0 Å². The van der Waals surface area contributed by atoms with Gasteiger partial charge < -0.3 is 10.1 Å². The summed E-state index contributed by atoms with van der Waals surface area (Å²) in [6.45, 7) is 8.83. The molecule has 4 nitrogen and oxygen atoms in total. The number of fused-ring (bicyclic) bond motifs is 1. The third kappa shape index (κ3) is 3.49. The topological polar surface area (TPSA) is 51.2 Å². The third-order valence-corrected chi connectivity index (χ3v) is 6.04. The number of thiazole rings is 1. The minimum atomic E-state index is -0.0571. The molecule has 1 aromatic heterocycles. The predicted octanol–water partition coefficient (Wildman–Crippen LogP) is 4.77. The summed E-state index contributed by atoms with van der Waals surface area (Å²) >= 11 is 4.97. The maximum absolute atomic E-state index is 12.8. The highest BCUT2D eigenvalue weighted by atomic mass is 79.9. The van der Waals surface area contributed by atoms with Crippen LogP contribution in [0.15, 0.2) is 22.7 Å². The summed E-state index contributed by atoms with van der Waals surface area (Å²) in [5, 5.41) is 4.14. The summed E-state index contributed by atoms with van der Waals surface area (Å²) in [4.78, 5) is 18.1. The van der Waals surface area contributed by atoms with Crippen LogP contribution in [0.3, 0.4) is 0 Å². The number of halogens is 1. The van der Waals surface area contributed by atoms with Crippen molar-refractivity contribution in [3.63, 3.8) is 0 Å². The number of aryl methyl sites for hydroxylation is 1. The lowest BCUT2D eigenvalue weighted by Crippen LogP contribution is -2.32. The molecule has 0 fully saturated rings. The van der Waals surface area contributed by atoms with Crippen molar-refractivity contribution in [3.05, 3.63) is 43.8 Å². The van der Waals surface area contributed by atoms with E-state index in [4.69, 9.17) is 4.74 Å². The Morgan fingerprint density at radius 2 is 2.17 bits per heavy atom. The SMILES string of the molecule is Cc1nc(C(C)(C)C)sc1C(=O)NC1CCOc2ccc(Br)cc21. The van der Waals surface area contributed by atoms with Crippen molar-refractivity contribution in [2.75, 3.05) is 6.61 Å². The number of nitrogens with zero attached hydrogens (tertiary/aromatic N) is 1. The first kappa shape index (κ1) is 17.4. The molecule has 1 N–H and O–H groups in total. The number of nitrogens with one attached hydrogen (secondary N) is 1. The molecule has 0 spiro atoms. The van der Waals surface area contributed by atoms with Crippen molar-refractivity contribution < 1.29 is 9.53 Å². The van der Waals surface area contributed by atoms with Crippen LogP contribution in [0, 0.1) is 6.92 Å². The lowest BCUT2D eigenvalue weighted by Gasteiger charge is -2.26. The van der Waals surface area contributed by atoms with Gasteiger partial charge in [-0.15, -0.1) is 11.3 Å². The van der Waals surface area contributed by atoms with E-state index in [0.717, 1.165) is 32.9 Å². The maximum atomic E-state index is 12.8. The predicted molar refractivity (Wildman–Crippen MR) is 100 cm³/mol. The van der Waals surface area contributed by atoms with Gasteiger partial charge in [-0.05, 0) is 25.1 Å². The Bertz CT molecular complexity index is 780. The van der Waals surface area contributed by atoms with Crippen LogP contribution in [0.2, 0.25) is 0 Å². The normalized spacial score (nSPS) is 17.1. The lowest BCUT2D eigenvalue weighted by atomic mass is 9.98. The highest BCUT2D eigenvalue weighted by Crippen LogP contribution is 2.35. The summed E-state index contributed by atoms with van der Waals surface area (Å²) in [5.41, 5.74) is 1.76. The lowest BCUT2D eigenvalue weighted by molar-refractivity contribution is 0.0928. The van der Waals surface area contributed by atoms with E-state index in [0.29, 0.717) is 11.5 Å². The Hall–Kier alpha value is -1.40. The first-order valence-corrected chi connectivity index (χ1v) is 9.57. The highest BCUT2D eigenvalue weighted by Gasteiger charge is 2.27. The van der Waals surface area contributed by atoms with Crippen molar-refractivity contribution in [1.82, 2.24) is 10.3 Å². The molecular weight excluding hydrogens is 388 g/mol. The minimum Gasteiger partial charge on any atom is -0.493 e. The molecule has 0 saturated heterocycles. The molecule has 1 unspecified atom stereocenters. The van der Waals surface area contributed by atoms with Crippen LogP contribution in [0.1, 0.15) is 59.2 Å².